The monoisotopic (exact) mass is 471 g/mol. The number of carbonyl (C=O) groups excluding carboxylic acids is 2. The van der Waals surface area contributed by atoms with Gasteiger partial charge in [0.15, 0.2) is 0 Å². The number of hydrogen-bond donors (Lipinski definition) is 1. The van der Waals surface area contributed by atoms with Crippen molar-refractivity contribution in [3.8, 4) is 5.75 Å². The molecule has 1 saturated heterocycles. The molecule has 4 rings (SSSR count). The Morgan fingerprint density at radius 3 is 2.21 bits per heavy atom. The minimum atomic E-state index is -4.87. The highest BCUT2D eigenvalue weighted by Crippen LogP contribution is 2.43. The summed E-state index contributed by atoms with van der Waals surface area (Å²) in [4.78, 5) is 27.2. The van der Waals surface area contributed by atoms with Gasteiger partial charge in [0.25, 0.3) is 11.7 Å². The first-order chi connectivity index (χ1) is 16.0. The second-order valence-corrected chi connectivity index (χ2v) is 7.96. The standard InChI is InChI=1S/C25H20F3NO5/c1-13-4-6-16(12-14(13)2)22(30)20-21(19-11-5-15(3)33-19)29(24(32)23(20)31)17-7-9-18(10-8-17)34-25(26,27)28/h4-12,21,30H,1-3H3/b22-20-. The van der Waals surface area contributed by atoms with Gasteiger partial charge in [-0.05, 0) is 74.4 Å². The third kappa shape index (κ3) is 4.28. The summed E-state index contributed by atoms with van der Waals surface area (Å²) in [6, 6.07) is 11.8. The van der Waals surface area contributed by atoms with Crippen LogP contribution in [0, 0.1) is 20.8 Å². The largest absolute Gasteiger partial charge is 0.573 e. The normalized spacial score (nSPS) is 17.9. The number of halogens is 3. The minimum absolute atomic E-state index is 0.134. The molecule has 1 amide bonds. The molecule has 2 aromatic carbocycles. The average Bonchev–Trinajstić information content (AvgIpc) is 3.30. The van der Waals surface area contributed by atoms with E-state index in [1.165, 1.54) is 12.1 Å². The molecule has 1 aliphatic heterocycles. The van der Waals surface area contributed by atoms with Crippen LogP contribution in [0.3, 0.4) is 0 Å². The molecule has 34 heavy (non-hydrogen) atoms. The highest BCUT2D eigenvalue weighted by molar-refractivity contribution is 6.51. The third-order valence-electron chi connectivity index (χ3n) is 5.60. The molecule has 0 radical (unpaired) electrons. The Morgan fingerprint density at radius 2 is 1.65 bits per heavy atom. The molecule has 6 nitrogen and oxygen atoms in total. The van der Waals surface area contributed by atoms with E-state index in [1.54, 1.807) is 37.3 Å². The second-order valence-electron chi connectivity index (χ2n) is 7.96. The summed E-state index contributed by atoms with van der Waals surface area (Å²) < 4.78 is 47.1. The number of aryl methyl sites for hydroxylation is 3. The number of ketones is 1. The number of ether oxygens (including phenoxy) is 1. The molecule has 0 aliphatic carbocycles. The zero-order chi connectivity index (χ0) is 24.8. The number of benzene rings is 2. The molecule has 9 heteroatoms. The number of aliphatic hydroxyl groups is 1. The molecule has 2 heterocycles. The molecule has 1 atom stereocenters. The van der Waals surface area contributed by atoms with Crippen molar-refractivity contribution in [3.63, 3.8) is 0 Å². The van der Waals surface area contributed by atoms with E-state index in [9.17, 15) is 27.9 Å². The summed E-state index contributed by atoms with van der Waals surface area (Å²) in [6.45, 7) is 5.43. The van der Waals surface area contributed by atoms with Crippen LogP contribution in [-0.2, 0) is 9.59 Å². The maximum atomic E-state index is 13.1. The molecule has 0 spiro atoms. The Labute approximate surface area is 192 Å². The van der Waals surface area contributed by atoms with Gasteiger partial charge in [-0.1, -0.05) is 12.1 Å². The van der Waals surface area contributed by atoms with E-state index in [4.69, 9.17) is 4.42 Å². The SMILES string of the molecule is Cc1ccc(C2/C(=C(/O)c3ccc(C)c(C)c3)C(=O)C(=O)N2c2ccc(OC(F)(F)F)cc2)o1. The van der Waals surface area contributed by atoms with E-state index in [-0.39, 0.29) is 22.8 Å². The topological polar surface area (TPSA) is 80.0 Å². The Morgan fingerprint density at radius 1 is 0.971 bits per heavy atom. The zero-order valence-electron chi connectivity index (χ0n) is 18.4. The predicted octanol–water partition coefficient (Wildman–Crippen LogP) is 5.73. The van der Waals surface area contributed by atoms with Crippen molar-refractivity contribution in [2.24, 2.45) is 0 Å². The summed E-state index contributed by atoms with van der Waals surface area (Å²) in [5.41, 5.74) is 2.16. The van der Waals surface area contributed by atoms with Crippen molar-refractivity contribution in [3.05, 3.63) is 88.4 Å². The van der Waals surface area contributed by atoms with Crippen LogP contribution in [-0.4, -0.2) is 23.2 Å². The third-order valence-corrected chi connectivity index (χ3v) is 5.60. The first-order valence-corrected chi connectivity index (χ1v) is 10.3. The van der Waals surface area contributed by atoms with E-state index in [0.717, 1.165) is 28.2 Å². The van der Waals surface area contributed by atoms with Crippen molar-refractivity contribution in [1.29, 1.82) is 0 Å². The highest BCUT2D eigenvalue weighted by atomic mass is 19.4. The summed E-state index contributed by atoms with van der Waals surface area (Å²) in [5, 5.41) is 11.1. The molecular formula is C25H20F3NO5. The number of nitrogens with zero attached hydrogens (tertiary/aromatic N) is 1. The fourth-order valence-electron chi connectivity index (χ4n) is 3.82. The van der Waals surface area contributed by atoms with Crippen LogP contribution in [0.5, 0.6) is 5.75 Å². The van der Waals surface area contributed by atoms with E-state index >= 15 is 0 Å². The summed E-state index contributed by atoms with van der Waals surface area (Å²) in [6.07, 6.45) is -4.87. The van der Waals surface area contributed by atoms with Gasteiger partial charge in [-0.25, -0.2) is 0 Å². The van der Waals surface area contributed by atoms with Crippen LogP contribution in [0.2, 0.25) is 0 Å². The van der Waals surface area contributed by atoms with Crippen LogP contribution < -0.4 is 9.64 Å². The maximum absolute atomic E-state index is 13.1. The lowest BCUT2D eigenvalue weighted by Crippen LogP contribution is -2.29. The van der Waals surface area contributed by atoms with Crippen molar-refractivity contribution < 1.29 is 37.0 Å². The number of anilines is 1. The van der Waals surface area contributed by atoms with Gasteiger partial charge in [0.1, 0.15) is 29.1 Å². The number of furan rings is 1. The van der Waals surface area contributed by atoms with Gasteiger partial charge in [-0.2, -0.15) is 0 Å². The molecule has 0 saturated carbocycles. The van der Waals surface area contributed by atoms with Crippen molar-refractivity contribution >= 4 is 23.1 Å². The second kappa shape index (κ2) is 8.40. The lowest BCUT2D eigenvalue weighted by atomic mass is 9.97. The van der Waals surface area contributed by atoms with Crippen molar-refractivity contribution in [1.82, 2.24) is 0 Å². The molecule has 1 unspecified atom stereocenters. The molecule has 1 N–H and O–H groups in total. The van der Waals surface area contributed by atoms with Gasteiger partial charge in [-0.3, -0.25) is 14.5 Å². The van der Waals surface area contributed by atoms with E-state index in [2.05, 4.69) is 4.74 Å². The van der Waals surface area contributed by atoms with E-state index in [0.29, 0.717) is 11.3 Å². The Balaban J connectivity index is 1.85. The smallest absolute Gasteiger partial charge is 0.507 e. The molecule has 1 aromatic heterocycles. The Kier molecular flexibility index (Phi) is 5.72. The molecule has 0 bridgehead atoms. The van der Waals surface area contributed by atoms with Gasteiger partial charge < -0.3 is 14.3 Å². The van der Waals surface area contributed by atoms with Gasteiger partial charge in [0.05, 0.1) is 5.57 Å². The van der Waals surface area contributed by atoms with Gasteiger partial charge >= 0.3 is 6.36 Å². The number of Topliss-reactive ketones (excluding diaryl/α,β-unsaturated/α-hetero) is 1. The van der Waals surface area contributed by atoms with Crippen molar-refractivity contribution in [2.45, 2.75) is 33.2 Å². The summed E-state index contributed by atoms with van der Waals surface area (Å²) in [5.74, 6) is -2.01. The first-order valence-electron chi connectivity index (χ1n) is 10.3. The fraction of sp³-hybridized carbons (Fsp3) is 0.200. The number of hydrogen-bond acceptors (Lipinski definition) is 5. The van der Waals surface area contributed by atoms with E-state index < -0.39 is 29.8 Å². The lowest BCUT2D eigenvalue weighted by molar-refractivity contribution is -0.274. The molecule has 176 valence electrons. The number of amides is 1. The molecule has 1 aliphatic rings. The van der Waals surface area contributed by atoms with E-state index in [1.807, 2.05) is 13.8 Å². The number of rotatable bonds is 4. The van der Waals surface area contributed by atoms with Gasteiger partial charge in [0, 0.05) is 11.3 Å². The molecule has 1 fully saturated rings. The van der Waals surface area contributed by atoms with Crippen LogP contribution in [0.15, 0.2) is 64.6 Å². The Bertz CT molecular complexity index is 1300. The summed E-state index contributed by atoms with van der Waals surface area (Å²) >= 11 is 0. The fourth-order valence-corrected chi connectivity index (χ4v) is 3.82. The minimum Gasteiger partial charge on any atom is -0.507 e. The first kappa shape index (κ1) is 23.2. The predicted molar refractivity (Wildman–Crippen MR) is 117 cm³/mol. The molecular weight excluding hydrogens is 451 g/mol. The van der Waals surface area contributed by atoms with Crippen LogP contribution in [0.1, 0.15) is 34.3 Å². The highest BCUT2D eigenvalue weighted by Gasteiger charge is 2.48. The molecule has 3 aromatic rings. The average molecular weight is 471 g/mol. The summed E-state index contributed by atoms with van der Waals surface area (Å²) in [7, 11) is 0. The van der Waals surface area contributed by atoms with Crippen LogP contribution in [0.4, 0.5) is 18.9 Å². The zero-order valence-corrected chi connectivity index (χ0v) is 18.4. The number of aliphatic hydroxyl groups excluding tert-OH is 1. The van der Waals surface area contributed by atoms with Crippen LogP contribution >= 0.6 is 0 Å². The number of carbonyl (C=O) groups is 2. The van der Waals surface area contributed by atoms with Gasteiger partial charge in [-0.15, -0.1) is 13.2 Å². The Hall–Kier alpha value is -4.01. The van der Waals surface area contributed by atoms with Crippen molar-refractivity contribution in [2.75, 3.05) is 4.90 Å². The number of alkyl halides is 3. The van der Waals surface area contributed by atoms with Gasteiger partial charge in [0.2, 0.25) is 0 Å². The lowest BCUT2D eigenvalue weighted by Gasteiger charge is -2.23. The maximum Gasteiger partial charge on any atom is 0.573 e. The van der Waals surface area contributed by atoms with Crippen LogP contribution in [0.25, 0.3) is 5.76 Å². The quantitative estimate of drug-likeness (QED) is 0.299.